The predicted molar refractivity (Wildman–Crippen MR) is 89.0 cm³/mol. The highest BCUT2D eigenvalue weighted by Gasteiger charge is 2.25. The van der Waals surface area contributed by atoms with Crippen LogP contribution in [0.15, 0.2) is 48.5 Å². The molecule has 1 atom stereocenters. The lowest BCUT2D eigenvalue weighted by Gasteiger charge is -2.25. The molecule has 1 unspecified atom stereocenters. The number of amides is 2. The monoisotopic (exact) mass is 310 g/mol. The summed E-state index contributed by atoms with van der Waals surface area (Å²) in [6, 6.07) is 14.6. The minimum absolute atomic E-state index is 0.116. The highest BCUT2D eigenvalue weighted by molar-refractivity contribution is 6.07. The van der Waals surface area contributed by atoms with Crippen molar-refractivity contribution in [2.24, 2.45) is 0 Å². The van der Waals surface area contributed by atoms with Crippen LogP contribution < -0.4 is 15.0 Å². The number of para-hydroxylation sites is 1. The Hall–Kier alpha value is -2.82. The maximum absolute atomic E-state index is 12.8. The van der Waals surface area contributed by atoms with Crippen molar-refractivity contribution in [3.8, 4) is 5.75 Å². The van der Waals surface area contributed by atoms with Crippen molar-refractivity contribution >= 4 is 23.2 Å². The molecule has 1 aliphatic rings. The second kappa shape index (κ2) is 6.12. The summed E-state index contributed by atoms with van der Waals surface area (Å²) in [4.78, 5) is 26.2. The van der Waals surface area contributed by atoms with Crippen molar-refractivity contribution in [1.29, 1.82) is 0 Å². The number of rotatable bonds is 3. The molecule has 0 radical (unpaired) electrons. The Kier molecular flexibility index (Phi) is 4.02. The molecule has 5 nitrogen and oxygen atoms in total. The molecule has 0 bridgehead atoms. The van der Waals surface area contributed by atoms with Gasteiger partial charge in [-0.15, -0.1) is 0 Å². The van der Waals surface area contributed by atoms with Crippen LogP contribution in [0.4, 0.5) is 11.4 Å². The summed E-state index contributed by atoms with van der Waals surface area (Å²) < 4.78 is 5.51. The topological polar surface area (TPSA) is 58.6 Å². The van der Waals surface area contributed by atoms with E-state index in [-0.39, 0.29) is 11.8 Å². The van der Waals surface area contributed by atoms with Gasteiger partial charge in [-0.1, -0.05) is 18.2 Å². The van der Waals surface area contributed by atoms with E-state index in [2.05, 4.69) is 5.32 Å². The highest BCUT2D eigenvalue weighted by atomic mass is 16.5. The zero-order valence-corrected chi connectivity index (χ0v) is 13.1. The van der Waals surface area contributed by atoms with E-state index in [1.165, 1.54) is 0 Å². The molecule has 0 aliphatic carbocycles. The fraction of sp³-hybridized carbons (Fsp3) is 0.222. The molecule has 23 heavy (non-hydrogen) atoms. The molecule has 3 rings (SSSR count). The van der Waals surface area contributed by atoms with Crippen LogP contribution in [0.5, 0.6) is 5.75 Å². The van der Waals surface area contributed by atoms with Crippen LogP contribution in [0.25, 0.3) is 0 Å². The Morgan fingerprint density at radius 1 is 1.22 bits per heavy atom. The van der Waals surface area contributed by atoms with Crippen LogP contribution in [0, 0.1) is 0 Å². The summed E-state index contributed by atoms with van der Waals surface area (Å²) in [6.07, 6.45) is -0.527. The average molecular weight is 310 g/mol. The highest BCUT2D eigenvalue weighted by Crippen LogP contribution is 2.31. The lowest BCUT2D eigenvalue weighted by Crippen LogP contribution is -2.35. The van der Waals surface area contributed by atoms with E-state index in [1.807, 2.05) is 37.3 Å². The first-order valence-electron chi connectivity index (χ1n) is 7.58. The Balaban J connectivity index is 1.91. The van der Waals surface area contributed by atoms with Gasteiger partial charge in [-0.05, 0) is 44.2 Å². The first-order valence-corrected chi connectivity index (χ1v) is 7.58. The number of fused-ring (bicyclic) bond motifs is 1. The van der Waals surface area contributed by atoms with Crippen LogP contribution in [0.3, 0.4) is 0 Å². The molecule has 0 saturated heterocycles. The molecule has 118 valence electrons. The standard InChI is InChI=1S/C18H18N2O3/c1-3-20(14-7-5-4-6-8-14)18(22)13-9-10-16-15(11-13)19-17(21)12(2)23-16/h4-12H,3H2,1-2H3,(H,19,21). The van der Waals surface area contributed by atoms with Crippen LogP contribution in [-0.4, -0.2) is 24.5 Å². The zero-order valence-electron chi connectivity index (χ0n) is 13.1. The van der Waals surface area contributed by atoms with Gasteiger partial charge in [0.05, 0.1) is 5.69 Å². The maximum Gasteiger partial charge on any atom is 0.265 e. The summed E-state index contributed by atoms with van der Waals surface area (Å²) in [5, 5.41) is 2.77. The number of anilines is 2. The quantitative estimate of drug-likeness (QED) is 0.948. The van der Waals surface area contributed by atoms with Crippen LogP contribution in [-0.2, 0) is 4.79 Å². The van der Waals surface area contributed by atoms with Crippen molar-refractivity contribution in [3.05, 3.63) is 54.1 Å². The molecular weight excluding hydrogens is 292 g/mol. The number of benzene rings is 2. The largest absolute Gasteiger partial charge is 0.479 e. The molecule has 1 N–H and O–H groups in total. The molecule has 1 aliphatic heterocycles. The maximum atomic E-state index is 12.8. The smallest absolute Gasteiger partial charge is 0.265 e. The minimum Gasteiger partial charge on any atom is -0.479 e. The van der Waals surface area contributed by atoms with E-state index in [0.29, 0.717) is 23.5 Å². The van der Waals surface area contributed by atoms with E-state index in [0.717, 1.165) is 5.69 Å². The second-order valence-corrected chi connectivity index (χ2v) is 5.35. The molecule has 0 aromatic heterocycles. The number of carbonyl (C=O) groups is 2. The Morgan fingerprint density at radius 2 is 1.96 bits per heavy atom. The van der Waals surface area contributed by atoms with E-state index in [9.17, 15) is 9.59 Å². The summed E-state index contributed by atoms with van der Waals surface area (Å²) in [7, 11) is 0. The first-order chi connectivity index (χ1) is 11.1. The van der Waals surface area contributed by atoms with Gasteiger partial charge < -0.3 is 15.0 Å². The zero-order chi connectivity index (χ0) is 16.4. The number of hydrogen-bond acceptors (Lipinski definition) is 3. The molecule has 0 spiro atoms. The van der Waals surface area contributed by atoms with Gasteiger partial charge >= 0.3 is 0 Å². The van der Waals surface area contributed by atoms with E-state index >= 15 is 0 Å². The molecule has 2 aromatic carbocycles. The molecule has 5 heteroatoms. The van der Waals surface area contributed by atoms with E-state index in [1.54, 1.807) is 30.0 Å². The van der Waals surface area contributed by atoms with Crippen LogP contribution in [0.1, 0.15) is 24.2 Å². The van der Waals surface area contributed by atoms with Crippen LogP contribution >= 0.6 is 0 Å². The third-order valence-corrected chi connectivity index (χ3v) is 3.79. The lowest BCUT2D eigenvalue weighted by atomic mass is 10.1. The van der Waals surface area contributed by atoms with Crippen molar-refractivity contribution in [2.45, 2.75) is 20.0 Å². The van der Waals surface area contributed by atoms with Crippen molar-refractivity contribution < 1.29 is 14.3 Å². The number of nitrogens with one attached hydrogen (secondary N) is 1. The number of ether oxygens (including phenoxy) is 1. The van der Waals surface area contributed by atoms with Crippen molar-refractivity contribution in [2.75, 3.05) is 16.8 Å². The molecule has 2 amide bonds. The van der Waals surface area contributed by atoms with Gasteiger partial charge in [-0.3, -0.25) is 9.59 Å². The molecule has 0 fully saturated rings. The summed E-state index contributed by atoms with van der Waals surface area (Å²) in [5.74, 6) is 0.253. The predicted octanol–water partition coefficient (Wildman–Crippen LogP) is 3.07. The Morgan fingerprint density at radius 3 is 2.65 bits per heavy atom. The van der Waals surface area contributed by atoms with Gasteiger partial charge in [-0.25, -0.2) is 0 Å². The molecule has 1 heterocycles. The fourth-order valence-electron chi connectivity index (χ4n) is 2.55. The normalized spacial score (nSPS) is 16.1. The van der Waals surface area contributed by atoms with E-state index in [4.69, 9.17) is 4.74 Å². The average Bonchev–Trinajstić information content (AvgIpc) is 2.57. The third-order valence-electron chi connectivity index (χ3n) is 3.79. The summed E-state index contributed by atoms with van der Waals surface area (Å²) >= 11 is 0. The van der Waals surface area contributed by atoms with Gasteiger partial charge in [0.1, 0.15) is 5.75 Å². The van der Waals surface area contributed by atoms with E-state index < -0.39 is 6.10 Å². The molecule has 2 aromatic rings. The number of nitrogens with zero attached hydrogens (tertiary/aromatic N) is 1. The first kappa shape index (κ1) is 15.1. The Labute approximate surface area is 134 Å². The minimum atomic E-state index is -0.527. The number of hydrogen-bond donors (Lipinski definition) is 1. The summed E-state index contributed by atoms with van der Waals surface area (Å²) in [6.45, 7) is 4.17. The lowest BCUT2D eigenvalue weighted by molar-refractivity contribution is -0.122. The van der Waals surface area contributed by atoms with Gasteiger partial charge in [0, 0.05) is 17.8 Å². The van der Waals surface area contributed by atoms with Gasteiger partial charge in [0.15, 0.2) is 6.10 Å². The Bertz CT molecular complexity index is 743. The SMILES string of the molecule is CCN(C(=O)c1ccc2c(c1)NC(=O)C(C)O2)c1ccccc1. The van der Waals surface area contributed by atoms with Gasteiger partial charge in [0.2, 0.25) is 0 Å². The van der Waals surface area contributed by atoms with Gasteiger partial charge in [0.25, 0.3) is 11.8 Å². The molecule has 0 saturated carbocycles. The number of carbonyl (C=O) groups excluding carboxylic acids is 2. The fourth-order valence-corrected chi connectivity index (χ4v) is 2.55. The van der Waals surface area contributed by atoms with Crippen molar-refractivity contribution in [3.63, 3.8) is 0 Å². The van der Waals surface area contributed by atoms with Crippen LogP contribution in [0.2, 0.25) is 0 Å². The third kappa shape index (κ3) is 2.90. The summed E-state index contributed by atoms with van der Waals surface area (Å²) in [5.41, 5.74) is 1.88. The second-order valence-electron chi connectivity index (χ2n) is 5.35. The van der Waals surface area contributed by atoms with Crippen molar-refractivity contribution in [1.82, 2.24) is 0 Å². The van der Waals surface area contributed by atoms with Gasteiger partial charge in [-0.2, -0.15) is 0 Å². The molecular formula is C18H18N2O3.